The van der Waals surface area contributed by atoms with Crippen LogP contribution in [0.25, 0.3) is 10.2 Å². The van der Waals surface area contributed by atoms with Gasteiger partial charge in [0.15, 0.2) is 0 Å². The van der Waals surface area contributed by atoms with Crippen LogP contribution in [0.1, 0.15) is 50.7 Å². The predicted molar refractivity (Wildman–Crippen MR) is 134 cm³/mol. The lowest BCUT2D eigenvalue weighted by molar-refractivity contribution is 0.0772. The lowest BCUT2D eigenvalue weighted by Gasteiger charge is -2.18. The third-order valence-corrected chi connectivity index (χ3v) is 6.85. The van der Waals surface area contributed by atoms with Crippen molar-refractivity contribution in [1.82, 2.24) is 14.7 Å². The number of anilines is 1. The monoisotopic (exact) mass is 460 g/mol. The number of carbonyl (C=O) groups excluding carboxylic acids is 2. The molecule has 0 atom stereocenters. The van der Waals surface area contributed by atoms with Crippen LogP contribution in [0.4, 0.5) is 5.69 Å². The van der Waals surface area contributed by atoms with Gasteiger partial charge in [-0.05, 0) is 57.5 Å². The fourth-order valence-electron chi connectivity index (χ4n) is 3.81. The number of nitrogens with one attached hydrogen (secondary N) is 1. The molecule has 1 N–H and O–H groups in total. The van der Waals surface area contributed by atoms with Crippen LogP contribution in [-0.2, 0) is 6.54 Å². The first-order valence-corrected chi connectivity index (χ1v) is 11.9. The number of fused-ring (bicyclic) bond motifs is 1. The Balaban J connectivity index is 1.55. The molecule has 2 heterocycles. The van der Waals surface area contributed by atoms with Crippen molar-refractivity contribution in [3.63, 3.8) is 0 Å². The predicted octanol–water partition coefficient (Wildman–Crippen LogP) is 5.50. The molecule has 4 rings (SSSR count). The highest BCUT2D eigenvalue weighted by atomic mass is 32.1. The molecule has 0 aliphatic rings. The van der Waals surface area contributed by atoms with Gasteiger partial charge in [-0.2, -0.15) is 5.10 Å². The van der Waals surface area contributed by atoms with Gasteiger partial charge in [0.1, 0.15) is 4.83 Å². The number of nitrogens with zero attached hydrogens (tertiary/aromatic N) is 3. The molecule has 0 radical (unpaired) electrons. The molecule has 0 aliphatic carbocycles. The van der Waals surface area contributed by atoms with Crippen molar-refractivity contribution in [3.05, 3.63) is 81.9 Å². The Morgan fingerprint density at radius 1 is 1.03 bits per heavy atom. The molecule has 0 saturated carbocycles. The average molecular weight is 461 g/mol. The van der Waals surface area contributed by atoms with Crippen LogP contribution in [0.5, 0.6) is 0 Å². The minimum atomic E-state index is -0.190. The Labute approximate surface area is 197 Å². The van der Waals surface area contributed by atoms with Gasteiger partial charge in [0, 0.05) is 29.7 Å². The summed E-state index contributed by atoms with van der Waals surface area (Å²) in [7, 11) is 0. The van der Waals surface area contributed by atoms with E-state index < -0.39 is 0 Å². The molecule has 2 amide bonds. The maximum Gasteiger partial charge on any atom is 0.265 e. The minimum absolute atomic E-state index is 0.0372. The van der Waals surface area contributed by atoms with Crippen LogP contribution in [0.2, 0.25) is 0 Å². The van der Waals surface area contributed by atoms with E-state index in [1.807, 2.05) is 31.5 Å². The number of thiophene rings is 1. The van der Waals surface area contributed by atoms with Crippen LogP contribution in [0, 0.1) is 13.8 Å². The zero-order valence-corrected chi connectivity index (χ0v) is 20.2. The van der Waals surface area contributed by atoms with Crippen molar-refractivity contribution in [3.8, 4) is 0 Å². The Hall–Kier alpha value is -3.45. The summed E-state index contributed by atoms with van der Waals surface area (Å²) in [6.07, 6.45) is 0. The molecular weight excluding hydrogens is 432 g/mol. The molecule has 0 aliphatic heterocycles. The molecule has 0 bridgehead atoms. The van der Waals surface area contributed by atoms with Gasteiger partial charge < -0.3 is 10.2 Å². The van der Waals surface area contributed by atoms with Gasteiger partial charge in [0.2, 0.25) is 0 Å². The molecule has 0 unspecified atom stereocenters. The summed E-state index contributed by atoms with van der Waals surface area (Å²) in [5.74, 6) is -0.227. The number of hydrogen-bond acceptors (Lipinski definition) is 4. The highest BCUT2D eigenvalue weighted by molar-refractivity contribution is 7.20. The van der Waals surface area contributed by atoms with Crippen LogP contribution < -0.4 is 5.32 Å². The van der Waals surface area contributed by atoms with Crippen LogP contribution in [-0.4, -0.2) is 39.6 Å². The van der Waals surface area contributed by atoms with Crippen molar-refractivity contribution in [2.24, 2.45) is 0 Å². The molecule has 7 heteroatoms. The third kappa shape index (κ3) is 4.83. The van der Waals surface area contributed by atoms with Crippen molar-refractivity contribution in [2.75, 3.05) is 18.4 Å². The second-order valence-corrected chi connectivity index (χ2v) is 9.10. The van der Waals surface area contributed by atoms with Gasteiger partial charge in [-0.25, -0.2) is 0 Å². The van der Waals surface area contributed by atoms with E-state index in [4.69, 9.17) is 0 Å². The summed E-state index contributed by atoms with van der Waals surface area (Å²) >= 11 is 1.43. The second-order valence-electron chi connectivity index (χ2n) is 8.07. The van der Waals surface area contributed by atoms with Crippen molar-refractivity contribution in [1.29, 1.82) is 0 Å². The molecule has 170 valence electrons. The normalized spacial score (nSPS) is 11.0. The number of carbonyl (C=O) groups is 2. The van der Waals surface area contributed by atoms with Gasteiger partial charge >= 0.3 is 0 Å². The summed E-state index contributed by atoms with van der Waals surface area (Å²) < 4.78 is 1.96. The zero-order chi connectivity index (χ0) is 23.5. The topological polar surface area (TPSA) is 67.2 Å². The number of benzene rings is 2. The molecule has 4 aromatic rings. The Morgan fingerprint density at radius 3 is 2.45 bits per heavy atom. The first kappa shape index (κ1) is 22.7. The summed E-state index contributed by atoms with van der Waals surface area (Å²) in [5, 5.41) is 8.60. The lowest BCUT2D eigenvalue weighted by Crippen LogP contribution is -2.30. The van der Waals surface area contributed by atoms with E-state index in [1.54, 1.807) is 29.2 Å². The van der Waals surface area contributed by atoms with E-state index >= 15 is 0 Å². The minimum Gasteiger partial charge on any atom is -0.339 e. The summed E-state index contributed by atoms with van der Waals surface area (Å²) in [6, 6.07) is 17.4. The van der Waals surface area contributed by atoms with Crippen LogP contribution >= 0.6 is 11.3 Å². The quantitative estimate of drug-likeness (QED) is 0.396. The molecule has 0 spiro atoms. The molecule has 0 saturated heterocycles. The Bertz CT molecular complexity index is 1300. The standard InChI is InChI=1S/C26H28N4O2S/c1-5-29(6-2)25(32)20-8-7-9-21(14-20)27-24(31)23-15-22-18(4)28-30(26(22)33-23)16-19-12-10-17(3)11-13-19/h7-15H,5-6,16H2,1-4H3,(H,27,31). The van der Waals surface area contributed by atoms with Gasteiger partial charge in [0.25, 0.3) is 11.8 Å². The summed E-state index contributed by atoms with van der Waals surface area (Å²) in [4.78, 5) is 29.0. The molecular formula is C26H28N4O2S. The highest BCUT2D eigenvalue weighted by Crippen LogP contribution is 2.29. The Kier molecular flexibility index (Phi) is 6.60. The number of hydrogen-bond donors (Lipinski definition) is 1. The molecule has 2 aromatic carbocycles. The number of aryl methyl sites for hydroxylation is 2. The van der Waals surface area contributed by atoms with E-state index in [0.717, 1.165) is 15.9 Å². The van der Waals surface area contributed by atoms with E-state index in [-0.39, 0.29) is 11.8 Å². The van der Waals surface area contributed by atoms with Crippen molar-refractivity contribution < 1.29 is 9.59 Å². The summed E-state index contributed by atoms with van der Waals surface area (Å²) in [5.41, 5.74) is 4.46. The maximum absolute atomic E-state index is 13.0. The van der Waals surface area contributed by atoms with Crippen LogP contribution in [0.3, 0.4) is 0 Å². The van der Waals surface area contributed by atoms with E-state index in [9.17, 15) is 9.59 Å². The number of rotatable bonds is 7. The van der Waals surface area contributed by atoms with E-state index in [0.29, 0.717) is 35.8 Å². The van der Waals surface area contributed by atoms with Gasteiger partial charge in [-0.1, -0.05) is 35.9 Å². The zero-order valence-electron chi connectivity index (χ0n) is 19.4. The fraction of sp³-hybridized carbons (Fsp3) is 0.269. The van der Waals surface area contributed by atoms with Crippen LogP contribution in [0.15, 0.2) is 54.6 Å². The smallest absolute Gasteiger partial charge is 0.265 e. The van der Waals surface area contributed by atoms with Gasteiger partial charge in [-0.15, -0.1) is 11.3 Å². The SMILES string of the molecule is CCN(CC)C(=O)c1cccc(NC(=O)c2cc3c(C)nn(Cc4ccc(C)cc4)c3s2)c1. The first-order valence-electron chi connectivity index (χ1n) is 11.1. The highest BCUT2D eigenvalue weighted by Gasteiger charge is 2.18. The average Bonchev–Trinajstić information content (AvgIpc) is 3.37. The molecule has 33 heavy (non-hydrogen) atoms. The third-order valence-electron chi connectivity index (χ3n) is 5.70. The van der Waals surface area contributed by atoms with Crippen molar-refractivity contribution in [2.45, 2.75) is 34.2 Å². The van der Waals surface area contributed by atoms with E-state index in [1.165, 1.54) is 22.5 Å². The largest absolute Gasteiger partial charge is 0.339 e. The van der Waals surface area contributed by atoms with Crippen molar-refractivity contribution >= 4 is 39.1 Å². The second kappa shape index (κ2) is 9.58. The molecule has 6 nitrogen and oxygen atoms in total. The maximum atomic E-state index is 13.0. The number of aromatic nitrogens is 2. The molecule has 0 fully saturated rings. The lowest BCUT2D eigenvalue weighted by atomic mass is 10.1. The fourth-order valence-corrected chi connectivity index (χ4v) is 4.87. The summed E-state index contributed by atoms with van der Waals surface area (Å²) in [6.45, 7) is 9.89. The van der Waals surface area contributed by atoms with Gasteiger partial charge in [-0.3, -0.25) is 14.3 Å². The van der Waals surface area contributed by atoms with E-state index in [2.05, 4.69) is 41.6 Å². The number of amides is 2. The first-order chi connectivity index (χ1) is 15.9. The Morgan fingerprint density at radius 2 is 1.76 bits per heavy atom. The molecule has 2 aromatic heterocycles. The van der Waals surface area contributed by atoms with Gasteiger partial charge in [0.05, 0.1) is 17.1 Å².